The molecule has 1 aromatic carbocycles. The second-order valence-electron chi connectivity index (χ2n) is 5.35. The van der Waals surface area contributed by atoms with Gasteiger partial charge in [-0.1, -0.05) is 0 Å². The standard InChI is InChI=1S/C17H13F2N3O3S/c1-8-15(22-17(26-8)14-4-3-5-25-14)16(24)21-13-7-12(20-9(2)23)10(18)6-11(13)19/h3-7H,1-2H3,(H,20,23)(H,21,24). The Bertz CT molecular complexity index is 984. The van der Waals surface area contributed by atoms with E-state index < -0.39 is 23.4 Å². The second kappa shape index (κ2) is 7.04. The van der Waals surface area contributed by atoms with Crippen LogP contribution in [0.4, 0.5) is 20.2 Å². The van der Waals surface area contributed by atoms with Gasteiger partial charge in [0.25, 0.3) is 5.91 Å². The Labute approximate surface area is 150 Å². The first-order chi connectivity index (χ1) is 12.3. The minimum atomic E-state index is -0.968. The fourth-order valence-electron chi connectivity index (χ4n) is 2.22. The van der Waals surface area contributed by atoms with Gasteiger partial charge in [0.05, 0.1) is 17.6 Å². The molecule has 9 heteroatoms. The molecule has 2 aromatic heterocycles. The van der Waals surface area contributed by atoms with Crippen LogP contribution in [0.3, 0.4) is 0 Å². The van der Waals surface area contributed by atoms with Gasteiger partial charge in [0.2, 0.25) is 5.91 Å². The van der Waals surface area contributed by atoms with Gasteiger partial charge in [0, 0.05) is 17.9 Å². The zero-order valence-electron chi connectivity index (χ0n) is 13.7. The number of benzene rings is 1. The summed E-state index contributed by atoms with van der Waals surface area (Å²) in [6.07, 6.45) is 1.49. The number of nitrogens with zero attached hydrogens (tertiary/aromatic N) is 1. The van der Waals surface area contributed by atoms with E-state index in [2.05, 4.69) is 15.6 Å². The third kappa shape index (κ3) is 3.62. The van der Waals surface area contributed by atoms with Crippen LogP contribution >= 0.6 is 11.3 Å². The quantitative estimate of drug-likeness (QED) is 0.714. The number of amides is 2. The first kappa shape index (κ1) is 17.7. The van der Waals surface area contributed by atoms with Gasteiger partial charge in [-0.15, -0.1) is 11.3 Å². The fraction of sp³-hybridized carbons (Fsp3) is 0.118. The lowest BCUT2D eigenvalue weighted by Crippen LogP contribution is -2.16. The number of halogens is 2. The highest BCUT2D eigenvalue weighted by atomic mass is 32.1. The Morgan fingerprint density at radius 2 is 1.85 bits per heavy atom. The molecule has 0 saturated heterocycles. The number of aromatic nitrogens is 1. The van der Waals surface area contributed by atoms with Crippen LogP contribution in [0.1, 0.15) is 22.3 Å². The Morgan fingerprint density at radius 1 is 1.15 bits per heavy atom. The van der Waals surface area contributed by atoms with E-state index in [1.54, 1.807) is 19.1 Å². The molecule has 3 aromatic rings. The van der Waals surface area contributed by atoms with Crippen molar-refractivity contribution in [1.82, 2.24) is 4.98 Å². The lowest BCUT2D eigenvalue weighted by atomic mass is 10.2. The molecule has 0 aliphatic carbocycles. The van der Waals surface area contributed by atoms with Gasteiger partial charge in [0.1, 0.15) is 17.3 Å². The summed E-state index contributed by atoms with van der Waals surface area (Å²) in [4.78, 5) is 28.4. The Balaban J connectivity index is 1.87. The monoisotopic (exact) mass is 377 g/mol. The summed E-state index contributed by atoms with van der Waals surface area (Å²) in [7, 11) is 0. The first-order valence-corrected chi connectivity index (χ1v) is 8.26. The summed E-state index contributed by atoms with van der Waals surface area (Å²) in [5.74, 6) is -2.58. The van der Waals surface area contributed by atoms with E-state index in [4.69, 9.17) is 4.42 Å². The third-order valence-corrected chi connectivity index (χ3v) is 4.34. The van der Waals surface area contributed by atoms with Crippen molar-refractivity contribution in [3.63, 3.8) is 0 Å². The second-order valence-corrected chi connectivity index (χ2v) is 6.55. The van der Waals surface area contributed by atoms with E-state index >= 15 is 0 Å². The molecule has 0 atom stereocenters. The molecule has 0 unspecified atom stereocenters. The number of anilines is 2. The molecule has 2 heterocycles. The maximum absolute atomic E-state index is 14.0. The maximum atomic E-state index is 14.0. The van der Waals surface area contributed by atoms with Crippen LogP contribution in [-0.4, -0.2) is 16.8 Å². The fourth-order valence-corrected chi connectivity index (χ4v) is 3.10. The molecule has 0 aliphatic heterocycles. The molecule has 2 amide bonds. The van der Waals surface area contributed by atoms with Crippen molar-refractivity contribution in [1.29, 1.82) is 0 Å². The molecule has 26 heavy (non-hydrogen) atoms. The minimum Gasteiger partial charge on any atom is -0.462 e. The van der Waals surface area contributed by atoms with E-state index in [1.165, 1.54) is 24.5 Å². The molecular formula is C17H13F2N3O3S. The third-order valence-electron chi connectivity index (χ3n) is 3.36. The Kier molecular flexibility index (Phi) is 4.81. The lowest BCUT2D eigenvalue weighted by Gasteiger charge is -2.10. The zero-order chi connectivity index (χ0) is 18.8. The predicted octanol–water partition coefficient (Wildman–Crippen LogP) is 4.20. The highest BCUT2D eigenvalue weighted by Gasteiger charge is 2.20. The van der Waals surface area contributed by atoms with Crippen molar-refractivity contribution in [2.24, 2.45) is 0 Å². The van der Waals surface area contributed by atoms with E-state index in [1.807, 2.05) is 0 Å². The smallest absolute Gasteiger partial charge is 0.275 e. The number of furan rings is 1. The van der Waals surface area contributed by atoms with Gasteiger partial charge in [-0.25, -0.2) is 13.8 Å². The van der Waals surface area contributed by atoms with Crippen LogP contribution in [0.15, 0.2) is 34.9 Å². The number of nitrogens with one attached hydrogen (secondary N) is 2. The molecule has 2 N–H and O–H groups in total. The predicted molar refractivity (Wildman–Crippen MR) is 93.2 cm³/mol. The van der Waals surface area contributed by atoms with Crippen molar-refractivity contribution in [3.8, 4) is 10.8 Å². The van der Waals surface area contributed by atoms with Crippen molar-refractivity contribution < 1.29 is 22.8 Å². The van der Waals surface area contributed by atoms with Crippen molar-refractivity contribution in [3.05, 3.63) is 52.7 Å². The van der Waals surface area contributed by atoms with E-state index in [0.29, 0.717) is 21.7 Å². The topological polar surface area (TPSA) is 84.2 Å². The minimum absolute atomic E-state index is 0.103. The van der Waals surface area contributed by atoms with Crippen LogP contribution in [0, 0.1) is 18.6 Å². The molecule has 0 radical (unpaired) electrons. The Morgan fingerprint density at radius 3 is 2.46 bits per heavy atom. The zero-order valence-corrected chi connectivity index (χ0v) is 14.5. The molecule has 0 fully saturated rings. The molecule has 0 saturated carbocycles. The molecule has 6 nitrogen and oxygen atoms in total. The van der Waals surface area contributed by atoms with Crippen LogP contribution in [-0.2, 0) is 4.79 Å². The summed E-state index contributed by atoms with van der Waals surface area (Å²) in [6, 6.07) is 5.00. The normalized spacial score (nSPS) is 10.6. The summed E-state index contributed by atoms with van der Waals surface area (Å²) in [5.41, 5.74) is -0.404. The molecule has 0 spiro atoms. The highest BCUT2D eigenvalue weighted by Crippen LogP contribution is 2.29. The van der Waals surface area contributed by atoms with Gasteiger partial charge in [-0.3, -0.25) is 9.59 Å². The number of hydrogen-bond donors (Lipinski definition) is 2. The molecule has 3 rings (SSSR count). The Hall–Kier alpha value is -3.07. The number of aryl methyl sites for hydroxylation is 1. The van der Waals surface area contributed by atoms with Gasteiger partial charge < -0.3 is 15.1 Å². The van der Waals surface area contributed by atoms with Crippen molar-refractivity contribution >= 4 is 34.5 Å². The van der Waals surface area contributed by atoms with Crippen molar-refractivity contribution in [2.45, 2.75) is 13.8 Å². The van der Waals surface area contributed by atoms with Crippen LogP contribution in [0.25, 0.3) is 10.8 Å². The largest absolute Gasteiger partial charge is 0.462 e. The van der Waals surface area contributed by atoms with E-state index in [0.717, 1.165) is 6.07 Å². The molecule has 0 aliphatic rings. The maximum Gasteiger partial charge on any atom is 0.275 e. The summed E-state index contributed by atoms with van der Waals surface area (Å²) >= 11 is 1.25. The average Bonchev–Trinajstić information content (AvgIpc) is 3.20. The number of thiazole rings is 1. The van der Waals surface area contributed by atoms with Crippen LogP contribution < -0.4 is 10.6 Å². The molecule has 134 valence electrons. The number of rotatable bonds is 4. The number of carbonyl (C=O) groups excluding carboxylic acids is 2. The summed E-state index contributed by atoms with van der Waals surface area (Å²) < 4.78 is 32.9. The number of carbonyl (C=O) groups is 2. The summed E-state index contributed by atoms with van der Waals surface area (Å²) in [6.45, 7) is 2.89. The van der Waals surface area contributed by atoms with Crippen LogP contribution in [0.2, 0.25) is 0 Å². The average molecular weight is 377 g/mol. The van der Waals surface area contributed by atoms with E-state index in [9.17, 15) is 18.4 Å². The molecule has 0 bridgehead atoms. The van der Waals surface area contributed by atoms with Gasteiger partial charge in [-0.05, 0) is 25.1 Å². The summed E-state index contributed by atoms with van der Waals surface area (Å²) in [5, 5.41) is 5.09. The molecular weight excluding hydrogens is 364 g/mol. The van der Waals surface area contributed by atoms with Gasteiger partial charge >= 0.3 is 0 Å². The van der Waals surface area contributed by atoms with Gasteiger partial charge in [0.15, 0.2) is 10.8 Å². The highest BCUT2D eigenvalue weighted by molar-refractivity contribution is 7.15. The first-order valence-electron chi connectivity index (χ1n) is 7.44. The lowest BCUT2D eigenvalue weighted by molar-refractivity contribution is -0.114. The van der Waals surface area contributed by atoms with Gasteiger partial charge in [-0.2, -0.15) is 0 Å². The SMILES string of the molecule is CC(=O)Nc1cc(NC(=O)c2nc(-c3ccco3)sc2C)c(F)cc1F. The van der Waals surface area contributed by atoms with Crippen molar-refractivity contribution in [2.75, 3.05) is 10.6 Å². The van der Waals surface area contributed by atoms with Crippen LogP contribution in [0.5, 0.6) is 0 Å². The van der Waals surface area contributed by atoms with E-state index in [-0.39, 0.29) is 17.1 Å². The number of hydrogen-bond acceptors (Lipinski definition) is 5.